The van der Waals surface area contributed by atoms with E-state index in [-0.39, 0.29) is 22.9 Å². The predicted octanol–water partition coefficient (Wildman–Crippen LogP) is 0.809. The summed E-state index contributed by atoms with van der Waals surface area (Å²) in [4.78, 5) is 11.3. The predicted molar refractivity (Wildman–Crippen MR) is 76.9 cm³/mol. The number of rotatable bonds is 4. The summed E-state index contributed by atoms with van der Waals surface area (Å²) in [7, 11) is -3.13. The van der Waals surface area contributed by atoms with Crippen LogP contribution in [0.2, 0.25) is 0 Å². The summed E-state index contributed by atoms with van der Waals surface area (Å²) in [6.07, 6.45) is 0.385. The Hall–Kier alpha value is -1.22. The quantitative estimate of drug-likeness (QED) is 0.789. The molecule has 9 heteroatoms. The average molecular weight is 319 g/mol. The molecule has 1 aromatic heterocycles. The maximum Gasteiger partial charge on any atom is 0.342 e. The second-order valence-corrected chi connectivity index (χ2v) is 8.49. The molecule has 20 heavy (non-hydrogen) atoms. The molecule has 1 saturated heterocycles. The van der Waals surface area contributed by atoms with E-state index in [0.717, 1.165) is 0 Å². The van der Waals surface area contributed by atoms with Crippen LogP contribution in [0.5, 0.6) is 0 Å². The van der Waals surface area contributed by atoms with Crippen molar-refractivity contribution in [3.8, 4) is 0 Å². The van der Waals surface area contributed by atoms with Crippen LogP contribution in [0.4, 0.5) is 5.82 Å². The minimum absolute atomic E-state index is 0.0213. The van der Waals surface area contributed by atoms with Crippen LogP contribution in [0.25, 0.3) is 0 Å². The monoisotopic (exact) mass is 319 g/mol. The van der Waals surface area contributed by atoms with Crippen molar-refractivity contribution in [2.24, 2.45) is 0 Å². The van der Waals surface area contributed by atoms with E-state index in [9.17, 15) is 18.3 Å². The Bertz CT molecular complexity index is 653. The Kier molecular flexibility index (Phi) is 3.76. The number of carbonyl (C=O) groups is 1. The van der Waals surface area contributed by atoms with Gasteiger partial charge in [-0.05, 0) is 19.1 Å². The van der Waals surface area contributed by atoms with Crippen molar-refractivity contribution in [1.82, 2.24) is 9.78 Å². The number of aromatic nitrogens is 2. The SMILES string of the molecule is CCSc1nn(C2(C)CCS(=O)(=O)C2)c(N)c1C(=O)O. The number of nitrogen functional groups attached to an aromatic ring is 1. The summed E-state index contributed by atoms with van der Waals surface area (Å²) in [5.41, 5.74) is 5.08. The minimum Gasteiger partial charge on any atom is -0.477 e. The lowest BCUT2D eigenvalue weighted by Crippen LogP contribution is -2.33. The zero-order chi connectivity index (χ0) is 15.1. The Morgan fingerprint density at radius 3 is 2.70 bits per heavy atom. The molecule has 1 fully saturated rings. The molecule has 0 amide bonds. The number of nitrogens with zero attached hydrogens (tertiary/aromatic N) is 2. The lowest BCUT2D eigenvalue weighted by Gasteiger charge is -2.24. The van der Waals surface area contributed by atoms with Crippen LogP contribution < -0.4 is 5.73 Å². The molecule has 1 aromatic rings. The van der Waals surface area contributed by atoms with E-state index in [4.69, 9.17) is 5.73 Å². The van der Waals surface area contributed by atoms with Gasteiger partial charge in [-0.15, -0.1) is 11.8 Å². The van der Waals surface area contributed by atoms with Gasteiger partial charge in [0.2, 0.25) is 0 Å². The van der Waals surface area contributed by atoms with Crippen LogP contribution in [0.15, 0.2) is 5.03 Å². The number of hydrogen-bond acceptors (Lipinski definition) is 6. The van der Waals surface area contributed by atoms with Gasteiger partial charge in [0.1, 0.15) is 16.4 Å². The molecule has 0 bridgehead atoms. The zero-order valence-corrected chi connectivity index (χ0v) is 12.9. The first-order valence-electron chi connectivity index (χ1n) is 6.15. The van der Waals surface area contributed by atoms with Crippen LogP contribution in [0.3, 0.4) is 0 Å². The highest BCUT2D eigenvalue weighted by Crippen LogP contribution is 2.36. The zero-order valence-electron chi connectivity index (χ0n) is 11.3. The third-order valence-corrected chi connectivity index (χ3v) is 6.11. The molecular weight excluding hydrogens is 302 g/mol. The molecule has 1 aliphatic heterocycles. The fourth-order valence-corrected chi connectivity index (χ4v) is 5.28. The molecule has 1 unspecified atom stereocenters. The molecule has 7 nitrogen and oxygen atoms in total. The average Bonchev–Trinajstić information content (AvgIpc) is 2.78. The number of aromatic carboxylic acids is 1. The normalized spacial score (nSPS) is 24.9. The molecular formula is C11H17N3O4S2. The minimum atomic E-state index is -3.13. The van der Waals surface area contributed by atoms with Gasteiger partial charge >= 0.3 is 5.97 Å². The maximum atomic E-state index is 11.7. The maximum absolute atomic E-state index is 11.7. The van der Waals surface area contributed by atoms with Crippen LogP contribution in [-0.4, -0.2) is 46.5 Å². The molecule has 1 atom stereocenters. The van der Waals surface area contributed by atoms with E-state index < -0.39 is 21.3 Å². The van der Waals surface area contributed by atoms with Gasteiger partial charge in [-0.25, -0.2) is 17.9 Å². The van der Waals surface area contributed by atoms with Gasteiger partial charge in [-0.3, -0.25) is 0 Å². The summed E-state index contributed by atoms with van der Waals surface area (Å²) < 4.78 is 24.7. The van der Waals surface area contributed by atoms with Crippen LogP contribution in [0.1, 0.15) is 30.6 Å². The molecule has 0 spiro atoms. The van der Waals surface area contributed by atoms with Crippen LogP contribution in [0, 0.1) is 0 Å². The number of hydrogen-bond donors (Lipinski definition) is 2. The molecule has 0 saturated carbocycles. The first-order valence-corrected chi connectivity index (χ1v) is 8.96. The lowest BCUT2D eigenvalue weighted by atomic mass is 10.0. The number of thioether (sulfide) groups is 1. The van der Waals surface area contributed by atoms with Crippen molar-refractivity contribution in [1.29, 1.82) is 0 Å². The number of carboxylic acids is 1. The van der Waals surface area contributed by atoms with Gasteiger partial charge < -0.3 is 10.8 Å². The van der Waals surface area contributed by atoms with Gasteiger partial charge in [-0.1, -0.05) is 6.92 Å². The van der Waals surface area contributed by atoms with Gasteiger partial charge in [0.15, 0.2) is 9.84 Å². The topological polar surface area (TPSA) is 115 Å². The largest absolute Gasteiger partial charge is 0.477 e. The lowest BCUT2D eigenvalue weighted by molar-refractivity contribution is 0.0694. The van der Waals surface area contributed by atoms with Gasteiger partial charge in [-0.2, -0.15) is 5.10 Å². The number of sulfone groups is 1. The van der Waals surface area contributed by atoms with Gasteiger partial charge in [0.25, 0.3) is 0 Å². The fraction of sp³-hybridized carbons (Fsp3) is 0.636. The van der Waals surface area contributed by atoms with Crippen molar-refractivity contribution >= 4 is 33.4 Å². The second-order valence-electron chi connectivity index (χ2n) is 5.05. The molecule has 112 valence electrons. The van der Waals surface area contributed by atoms with Crippen LogP contribution in [-0.2, 0) is 15.4 Å². The molecule has 0 radical (unpaired) electrons. The van der Waals surface area contributed by atoms with Gasteiger partial charge in [0, 0.05) is 0 Å². The van der Waals surface area contributed by atoms with E-state index >= 15 is 0 Å². The number of carboxylic acid groups (broad SMARTS) is 1. The molecule has 0 aromatic carbocycles. The Balaban J connectivity index is 2.53. The third kappa shape index (κ3) is 2.51. The molecule has 1 aliphatic rings. The van der Waals surface area contributed by atoms with E-state index in [1.807, 2.05) is 6.92 Å². The standard InChI is InChI=1S/C11H17N3O4S2/c1-3-19-9-7(10(15)16)8(12)14(13-9)11(2)4-5-20(17,18)6-11/h3-6,12H2,1-2H3,(H,15,16). The summed E-state index contributed by atoms with van der Waals surface area (Å²) in [5.74, 6) is -0.462. The smallest absolute Gasteiger partial charge is 0.342 e. The fourth-order valence-electron chi connectivity index (χ4n) is 2.42. The van der Waals surface area contributed by atoms with E-state index in [0.29, 0.717) is 17.2 Å². The first kappa shape index (κ1) is 15.2. The number of anilines is 1. The van der Waals surface area contributed by atoms with Crippen molar-refractivity contribution in [3.63, 3.8) is 0 Å². The van der Waals surface area contributed by atoms with E-state index in [2.05, 4.69) is 5.10 Å². The molecule has 0 aliphatic carbocycles. The van der Waals surface area contributed by atoms with E-state index in [1.54, 1.807) is 6.92 Å². The van der Waals surface area contributed by atoms with E-state index in [1.165, 1.54) is 16.4 Å². The van der Waals surface area contributed by atoms with Crippen molar-refractivity contribution in [2.75, 3.05) is 23.0 Å². The van der Waals surface area contributed by atoms with Crippen molar-refractivity contribution in [3.05, 3.63) is 5.56 Å². The number of nitrogens with two attached hydrogens (primary N) is 1. The highest BCUT2D eigenvalue weighted by atomic mass is 32.2. The Labute approximate surface area is 121 Å². The van der Waals surface area contributed by atoms with Crippen molar-refractivity contribution < 1.29 is 18.3 Å². The highest BCUT2D eigenvalue weighted by Gasteiger charge is 2.43. The highest BCUT2D eigenvalue weighted by molar-refractivity contribution is 7.99. The molecule has 2 rings (SSSR count). The summed E-state index contributed by atoms with van der Waals surface area (Å²) in [6.45, 7) is 3.63. The third-order valence-electron chi connectivity index (χ3n) is 3.38. The van der Waals surface area contributed by atoms with Crippen molar-refractivity contribution in [2.45, 2.75) is 30.8 Å². The summed E-state index contributed by atoms with van der Waals surface area (Å²) >= 11 is 1.28. The second kappa shape index (κ2) is 4.96. The summed E-state index contributed by atoms with van der Waals surface area (Å²) in [6, 6.07) is 0. The van der Waals surface area contributed by atoms with Gasteiger partial charge in [0.05, 0.1) is 17.0 Å². The van der Waals surface area contributed by atoms with Crippen LogP contribution >= 0.6 is 11.8 Å². The Morgan fingerprint density at radius 2 is 2.25 bits per heavy atom. The Morgan fingerprint density at radius 1 is 1.60 bits per heavy atom. The molecule has 3 N–H and O–H groups in total. The first-order chi connectivity index (χ1) is 9.20. The molecule has 2 heterocycles. The summed E-state index contributed by atoms with van der Waals surface area (Å²) in [5, 5.41) is 13.8.